The van der Waals surface area contributed by atoms with E-state index in [-0.39, 0.29) is 5.91 Å². The Morgan fingerprint density at radius 3 is 2.94 bits per heavy atom. The molecule has 0 bridgehead atoms. The van der Waals surface area contributed by atoms with Crippen molar-refractivity contribution >= 4 is 17.5 Å². The first-order valence-electron chi connectivity index (χ1n) is 5.05. The number of hydrogen-bond donors (Lipinski definition) is 2. The number of hydrogen-bond acceptors (Lipinski definition) is 2. The molecule has 0 heterocycles. The second-order valence-corrected chi connectivity index (χ2v) is 3.73. The van der Waals surface area contributed by atoms with Crippen LogP contribution in [0.4, 0.5) is 0 Å². The number of rotatable bonds is 4. The van der Waals surface area contributed by atoms with E-state index in [0.717, 1.165) is 5.56 Å². The summed E-state index contributed by atoms with van der Waals surface area (Å²) >= 11 is 6.03. The molecule has 0 saturated carbocycles. The van der Waals surface area contributed by atoms with E-state index in [9.17, 15) is 4.79 Å². The average molecular weight is 239 g/mol. The molecule has 1 aromatic rings. The van der Waals surface area contributed by atoms with Gasteiger partial charge in [-0.3, -0.25) is 4.79 Å². The van der Waals surface area contributed by atoms with Crippen molar-refractivity contribution in [1.29, 1.82) is 0 Å². The summed E-state index contributed by atoms with van der Waals surface area (Å²) < 4.78 is 0. The van der Waals surface area contributed by atoms with Crippen molar-refractivity contribution in [2.24, 2.45) is 5.73 Å². The van der Waals surface area contributed by atoms with Gasteiger partial charge in [-0.2, -0.15) is 0 Å². The second-order valence-electron chi connectivity index (χ2n) is 3.35. The van der Waals surface area contributed by atoms with Gasteiger partial charge >= 0.3 is 0 Å². The summed E-state index contributed by atoms with van der Waals surface area (Å²) in [5.74, 6) is -0.171. The van der Waals surface area contributed by atoms with Crippen LogP contribution in [0.1, 0.15) is 15.9 Å². The van der Waals surface area contributed by atoms with E-state index >= 15 is 0 Å². The SMILES string of the molecule is Cc1cccc(C(=O)NC/C=C/CN)c1Cl. The molecule has 0 aliphatic rings. The van der Waals surface area contributed by atoms with E-state index in [4.69, 9.17) is 17.3 Å². The third-order valence-corrected chi connectivity index (χ3v) is 2.62. The maximum atomic E-state index is 11.7. The molecular weight excluding hydrogens is 224 g/mol. The molecule has 0 unspecified atom stereocenters. The van der Waals surface area contributed by atoms with Gasteiger partial charge in [-0.1, -0.05) is 35.9 Å². The fourth-order valence-electron chi connectivity index (χ4n) is 1.25. The Kier molecular flexibility index (Phi) is 5.02. The fourth-order valence-corrected chi connectivity index (χ4v) is 1.46. The third kappa shape index (κ3) is 3.36. The number of benzene rings is 1. The molecule has 0 aliphatic carbocycles. The van der Waals surface area contributed by atoms with Gasteiger partial charge in [0.2, 0.25) is 0 Å². The molecule has 0 aliphatic heterocycles. The van der Waals surface area contributed by atoms with Crippen LogP contribution in [0.15, 0.2) is 30.4 Å². The highest BCUT2D eigenvalue weighted by Gasteiger charge is 2.09. The lowest BCUT2D eigenvalue weighted by Gasteiger charge is -2.06. The summed E-state index contributed by atoms with van der Waals surface area (Å²) in [5, 5.41) is 3.24. The van der Waals surface area contributed by atoms with Crippen LogP contribution in [0.25, 0.3) is 0 Å². The van der Waals surface area contributed by atoms with Gasteiger partial charge in [0.05, 0.1) is 10.6 Å². The number of carbonyl (C=O) groups excluding carboxylic acids is 1. The van der Waals surface area contributed by atoms with Crippen molar-refractivity contribution in [2.45, 2.75) is 6.92 Å². The summed E-state index contributed by atoms with van der Waals surface area (Å²) in [6.45, 7) is 2.80. The molecule has 0 aromatic heterocycles. The van der Waals surface area contributed by atoms with Crippen molar-refractivity contribution in [1.82, 2.24) is 5.32 Å². The number of amides is 1. The Morgan fingerprint density at radius 2 is 2.25 bits per heavy atom. The highest BCUT2D eigenvalue weighted by Crippen LogP contribution is 2.19. The van der Waals surface area contributed by atoms with Gasteiger partial charge in [0.15, 0.2) is 0 Å². The summed E-state index contributed by atoms with van der Waals surface area (Å²) in [7, 11) is 0. The van der Waals surface area contributed by atoms with Crippen molar-refractivity contribution in [2.75, 3.05) is 13.1 Å². The monoisotopic (exact) mass is 238 g/mol. The molecule has 1 rings (SSSR count). The Hall–Kier alpha value is -1.32. The highest BCUT2D eigenvalue weighted by molar-refractivity contribution is 6.34. The molecule has 86 valence electrons. The zero-order chi connectivity index (χ0) is 12.0. The van der Waals surface area contributed by atoms with Crippen molar-refractivity contribution in [3.8, 4) is 0 Å². The van der Waals surface area contributed by atoms with Crippen LogP contribution in [0, 0.1) is 6.92 Å². The highest BCUT2D eigenvalue weighted by atomic mass is 35.5. The van der Waals surface area contributed by atoms with Crippen LogP contribution in [0.2, 0.25) is 5.02 Å². The Morgan fingerprint density at radius 1 is 1.50 bits per heavy atom. The molecule has 4 heteroatoms. The van der Waals surface area contributed by atoms with Gasteiger partial charge in [0.25, 0.3) is 5.91 Å². The van der Waals surface area contributed by atoms with E-state index in [1.54, 1.807) is 12.1 Å². The zero-order valence-electron chi connectivity index (χ0n) is 9.16. The standard InChI is InChI=1S/C12H15ClN2O/c1-9-5-4-6-10(11(9)13)12(16)15-8-3-2-7-14/h2-6H,7-8,14H2,1H3,(H,15,16)/b3-2+. The first kappa shape index (κ1) is 12.7. The Balaban J connectivity index is 2.66. The quantitative estimate of drug-likeness (QED) is 0.788. The molecule has 3 N–H and O–H groups in total. The second kappa shape index (κ2) is 6.30. The van der Waals surface area contributed by atoms with Crippen LogP contribution in [0.5, 0.6) is 0 Å². The summed E-state index contributed by atoms with van der Waals surface area (Å²) in [6, 6.07) is 5.39. The van der Waals surface area contributed by atoms with E-state index in [1.165, 1.54) is 0 Å². The summed E-state index contributed by atoms with van der Waals surface area (Å²) in [4.78, 5) is 11.7. The number of carbonyl (C=O) groups is 1. The zero-order valence-corrected chi connectivity index (χ0v) is 9.92. The van der Waals surface area contributed by atoms with Gasteiger partial charge in [-0.25, -0.2) is 0 Å². The van der Waals surface area contributed by atoms with Gasteiger partial charge in [-0.05, 0) is 18.6 Å². The largest absolute Gasteiger partial charge is 0.349 e. The number of nitrogens with one attached hydrogen (secondary N) is 1. The minimum atomic E-state index is -0.171. The minimum absolute atomic E-state index is 0.171. The van der Waals surface area contributed by atoms with Crippen LogP contribution in [0.3, 0.4) is 0 Å². The molecular formula is C12H15ClN2O. The maximum absolute atomic E-state index is 11.7. The average Bonchev–Trinajstić information content (AvgIpc) is 2.28. The lowest BCUT2D eigenvalue weighted by atomic mass is 10.1. The van der Waals surface area contributed by atoms with Gasteiger partial charge in [-0.15, -0.1) is 0 Å². The fraction of sp³-hybridized carbons (Fsp3) is 0.250. The molecule has 0 spiro atoms. The van der Waals surface area contributed by atoms with Crippen LogP contribution >= 0.6 is 11.6 Å². The van der Waals surface area contributed by atoms with E-state index in [0.29, 0.717) is 23.7 Å². The molecule has 3 nitrogen and oxygen atoms in total. The third-order valence-electron chi connectivity index (χ3n) is 2.12. The molecule has 1 amide bonds. The molecule has 0 fully saturated rings. The Bertz CT molecular complexity index is 402. The smallest absolute Gasteiger partial charge is 0.253 e. The predicted octanol–water partition coefficient (Wildman–Crippen LogP) is 1.89. The lowest BCUT2D eigenvalue weighted by Crippen LogP contribution is -2.23. The van der Waals surface area contributed by atoms with Crippen LogP contribution in [-0.4, -0.2) is 19.0 Å². The predicted molar refractivity (Wildman–Crippen MR) is 66.7 cm³/mol. The molecule has 0 saturated heterocycles. The van der Waals surface area contributed by atoms with Crippen molar-refractivity contribution < 1.29 is 4.79 Å². The normalized spacial score (nSPS) is 10.7. The molecule has 16 heavy (non-hydrogen) atoms. The molecule has 0 atom stereocenters. The molecule has 0 radical (unpaired) electrons. The van der Waals surface area contributed by atoms with E-state index in [1.807, 2.05) is 25.1 Å². The van der Waals surface area contributed by atoms with Crippen LogP contribution < -0.4 is 11.1 Å². The lowest BCUT2D eigenvalue weighted by molar-refractivity contribution is 0.0958. The number of nitrogens with two attached hydrogens (primary N) is 1. The van der Waals surface area contributed by atoms with Gasteiger partial charge in [0.1, 0.15) is 0 Å². The van der Waals surface area contributed by atoms with E-state index in [2.05, 4.69) is 5.32 Å². The number of aryl methyl sites for hydroxylation is 1. The first-order chi connectivity index (χ1) is 7.66. The van der Waals surface area contributed by atoms with Crippen LogP contribution in [-0.2, 0) is 0 Å². The first-order valence-corrected chi connectivity index (χ1v) is 5.43. The van der Waals surface area contributed by atoms with Crippen molar-refractivity contribution in [3.63, 3.8) is 0 Å². The Labute approximate surface area is 100 Å². The topological polar surface area (TPSA) is 55.1 Å². The van der Waals surface area contributed by atoms with E-state index < -0.39 is 0 Å². The van der Waals surface area contributed by atoms with Gasteiger partial charge in [0, 0.05) is 13.1 Å². The van der Waals surface area contributed by atoms with Crippen molar-refractivity contribution in [3.05, 3.63) is 46.5 Å². The molecule has 1 aromatic carbocycles. The maximum Gasteiger partial charge on any atom is 0.253 e. The van der Waals surface area contributed by atoms with Gasteiger partial charge < -0.3 is 11.1 Å². The minimum Gasteiger partial charge on any atom is -0.349 e. The summed E-state index contributed by atoms with van der Waals surface area (Å²) in [6.07, 6.45) is 3.60. The summed E-state index contributed by atoms with van der Waals surface area (Å²) in [5.41, 5.74) is 6.68. The number of halogens is 1.